The van der Waals surface area contributed by atoms with E-state index in [1.807, 2.05) is 0 Å². The molecule has 1 amide bonds. The smallest absolute Gasteiger partial charge is 0.416 e. The Morgan fingerprint density at radius 3 is 2.29 bits per heavy atom. The Hall–Kier alpha value is -3.78. The summed E-state index contributed by atoms with van der Waals surface area (Å²) in [5.41, 5.74) is -0.232. The van der Waals surface area contributed by atoms with Gasteiger partial charge in [-0.05, 0) is 42.0 Å². The topological polar surface area (TPSA) is 122 Å². The summed E-state index contributed by atoms with van der Waals surface area (Å²) in [6, 6.07) is 8.63. The Morgan fingerprint density at radius 1 is 1.12 bits per heavy atom. The normalized spacial score (nSPS) is 18.2. The highest BCUT2D eigenvalue weighted by atomic mass is 32.2. The molecule has 0 saturated carbocycles. The molecule has 2 heterocycles. The number of nitrogens with zero attached hydrogens (tertiary/aromatic N) is 3. The Bertz CT molecular complexity index is 1440. The third kappa shape index (κ3) is 7.11. The number of amides is 1. The number of aliphatic hydroxyl groups is 1. The van der Waals surface area contributed by atoms with Crippen molar-refractivity contribution >= 4 is 21.7 Å². The van der Waals surface area contributed by atoms with E-state index >= 15 is 0 Å². The van der Waals surface area contributed by atoms with Gasteiger partial charge < -0.3 is 20.1 Å². The number of alkyl halides is 4. The van der Waals surface area contributed by atoms with Crippen LogP contribution in [0, 0.1) is 0 Å². The zero-order valence-corrected chi connectivity index (χ0v) is 22.7. The number of aromatic nitrogens is 2. The lowest BCUT2D eigenvalue weighted by Gasteiger charge is -2.22. The molecule has 1 fully saturated rings. The fraction of sp³-hybridized carbons (Fsp3) is 0.370. The Labute approximate surface area is 234 Å². The lowest BCUT2D eigenvalue weighted by Crippen LogP contribution is -2.34. The minimum Gasteiger partial charge on any atom is -0.489 e. The van der Waals surface area contributed by atoms with Crippen LogP contribution in [0.15, 0.2) is 65.8 Å². The molecule has 0 aliphatic carbocycles. The minimum absolute atomic E-state index is 0.0567. The third-order valence-electron chi connectivity index (χ3n) is 6.71. The zero-order valence-electron chi connectivity index (χ0n) is 21.9. The highest BCUT2D eigenvalue weighted by Gasteiger charge is 2.36. The molecule has 1 saturated heterocycles. The number of carbonyl (C=O) groups is 1. The molecular formula is C27H28F4N4O5S. The third-order valence-corrected chi connectivity index (χ3v) is 8.46. The number of rotatable bonds is 10. The van der Waals surface area contributed by atoms with Gasteiger partial charge in [0.1, 0.15) is 18.5 Å². The van der Waals surface area contributed by atoms with E-state index in [0.717, 1.165) is 12.1 Å². The van der Waals surface area contributed by atoms with E-state index in [4.69, 9.17) is 4.74 Å². The summed E-state index contributed by atoms with van der Waals surface area (Å²) in [5, 5.41) is 12.5. The van der Waals surface area contributed by atoms with Crippen molar-refractivity contribution in [2.24, 2.45) is 0 Å². The molecule has 2 N–H and O–H groups in total. The summed E-state index contributed by atoms with van der Waals surface area (Å²) in [5.74, 6) is -0.281. The first-order valence-corrected chi connectivity index (χ1v) is 14.3. The summed E-state index contributed by atoms with van der Waals surface area (Å²) >= 11 is 0. The quantitative estimate of drug-likeness (QED) is 0.340. The van der Waals surface area contributed by atoms with Crippen molar-refractivity contribution < 1.29 is 40.6 Å². The molecule has 3 atom stereocenters. The Morgan fingerprint density at radius 2 is 1.76 bits per heavy atom. The van der Waals surface area contributed by atoms with Gasteiger partial charge >= 0.3 is 6.18 Å². The van der Waals surface area contributed by atoms with Crippen LogP contribution >= 0.6 is 0 Å². The number of sulfone groups is 1. The molecule has 220 valence electrons. The van der Waals surface area contributed by atoms with Gasteiger partial charge in [0, 0.05) is 18.8 Å². The number of halogens is 4. The number of benzene rings is 2. The average molecular weight is 597 g/mol. The molecule has 2 aromatic carbocycles. The lowest BCUT2D eigenvalue weighted by molar-refractivity contribution is -0.137. The van der Waals surface area contributed by atoms with Gasteiger partial charge in [0.2, 0.25) is 5.95 Å². The van der Waals surface area contributed by atoms with Gasteiger partial charge in [-0.25, -0.2) is 22.8 Å². The molecule has 1 aliphatic rings. The van der Waals surface area contributed by atoms with Crippen LogP contribution in [0.4, 0.5) is 23.5 Å². The number of anilines is 1. The van der Waals surface area contributed by atoms with Crippen molar-refractivity contribution in [1.29, 1.82) is 0 Å². The van der Waals surface area contributed by atoms with Crippen molar-refractivity contribution in [3.8, 4) is 5.75 Å². The van der Waals surface area contributed by atoms with Crippen molar-refractivity contribution in [2.45, 2.75) is 42.6 Å². The maximum Gasteiger partial charge on any atom is 0.416 e. The maximum atomic E-state index is 13.8. The van der Waals surface area contributed by atoms with Gasteiger partial charge in [0.05, 0.1) is 47.0 Å². The number of hydrogen-bond donors (Lipinski definition) is 2. The molecule has 41 heavy (non-hydrogen) atoms. The molecular weight excluding hydrogens is 568 g/mol. The summed E-state index contributed by atoms with van der Waals surface area (Å²) in [6.45, 7) is 0.521. The van der Waals surface area contributed by atoms with E-state index in [-0.39, 0.29) is 40.9 Å². The number of hydrogen-bond acceptors (Lipinski definition) is 8. The Balaban J connectivity index is 1.39. The van der Waals surface area contributed by atoms with E-state index in [9.17, 15) is 35.9 Å². The van der Waals surface area contributed by atoms with E-state index in [1.54, 1.807) is 4.90 Å². The van der Waals surface area contributed by atoms with Crippen molar-refractivity contribution in [1.82, 2.24) is 15.3 Å². The van der Waals surface area contributed by atoms with Gasteiger partial charge in [-0.3, -0.25) is 4.79 Å². The van der Waals surface area contributed by atoms with Crippen LogP contribution in [0.3, 0.4) is 0 Å². The van der Waals surface area contributed by atoms with Crippen molar-refractivity contribution in [3.05, 3.63) is 77.6 Å². The lowest BCUT2D eigenvalue weighted by atomic mass is 10.1. The van der Waals surface area contributed by atoms with Gasteiger partial charge in [0.25, 0.3) is 5.91 Å². The predicted molar refractivity (Wildman–Crippen MR) is 141 cm³/mol. The van der Waals surface area contributed by atoms with Gasteiger partial charge in [-0.2, -0.15) is 13.2 Å². The van der Waals surface area contributed by atoms with Crippen LogP contribution in [-0.4, -0.2) is 67.1 Å². The summed E-state index contributed by atoms with van der Waals surface area (Å²) < 4.78 is 82.0. The van der Waals surface area contributed by atoms with Crippen LogP contribution in [0.5, 0.6) is 5.75 Å². The second-order valence-electron chi connectivity index (χ2n) is 9.41. The predicted octanol–water partition coefficient (Wildman–Crippen LogP) is 3.75. The van der Waals surface area contributed by atoms with Crippen LogP contribution < -0.4 is 15.0 Å². The van der Waals surface area contributed by atoms with Crippen LogP contribution in [0.1, 0.15) is 40.9 Å². The van der Waals surface area contributed by atoms with E-state index < -0.39 is 59.0 Å². The van der Waals surface area contributed by atoms with Gasteiger partial charge in [-0.1, -0.05) is 19.1 Å². The first-order valence-electron chi connectivity index (χ1n) is 12.7. The Kier molecular flexibility index (Phi) is 9.12. The standard InChI is InChI=1S/C27H28F4N4O5S/c1-2-41(38,39)23-9-3-17(4-10-23)24(16-36)34-25(37)18-13-32-26(33-14-18)35-15-22(11-20(35)12-28)40-21-7-5-19(6-8-21)27(29,30)31/h3-10,13-14,20,22,24,36H,2,11-12,15-16H2,1H3,(H,34,37)/t20-,22+,24-/m0/s1. The van der Waals surface area contributed by atoms with Gasteiger partial charge in [-0.15, -0.1) is 0 Å². The van der Waals surface area contributed by atoms with Crippen molar-refractivity contribution in [3.63, 3.8) is 0 Å². The molecule has 1 aromatic heterocycles. The molecule has 0 unspecified atom stereocenters. The van der Waals surface area contributed by atoms with Crippen LogP contribution in [-0.2, 0) is 16.0 Å². The fourth-order valence-electron chi connectivity index (χ4n) is 4.40. The summed E-state index contributed by atoms with van der Waals surface area (Å²) in [6.07, 6.45) is -2.24. The van der Waals surface area contributed by atoms with E-state index in [0.29, 0.717) is 5.56 Å². The molecule has 0 spiro atoms. The van der Waals surface area contributed by atoms with E-state index in [1.165, 1.54) is 55.7 Å². The van der Waals surface area contributed by atoms with Crippen LogP contribution in [0.25, 0.3) is 0 Å². The van der Waals surface area contributed by atoms with Crippen molar-refractivity contribution in [2.75, 3.05) is 30.5 Å². The van der Waals surface area contributed by atoms with Crippen LogP contribution in [0.2, 0.25) is 0 Å². The highest BCUT2D eigenvalue weighted by molar-refractivity contribution is 7.91. The SMILES string of the molecule is CCS(=O)(=O)c1ccc([C@H](CO)NC(=O)c2cnc(N3C[C@H](Oc4ccc(C(F)(F)F)cc4)C[C@H]3CF)nc2)cc1. The molecule has 14 heteroatoms. The average Bonchev–Trinajstić information content (AvgIpc) is 3.38. The molecule has 4 rings (SSSR count). The van der Waals surface area contributed by atoms with E-state index in [2.05, 4.69) is 15.3 Å². The molecule has 0 radical (unpaired) electrons. The second-order valence-corrected chi connectivity index (χ2v) is 11.7. The highest BCUT2D eigenvalue weighted by Crippen LogP contribution is 2.32. The molecule has 3 aromatic rings. The first kappa shape index (κ1) is 30.2. The number of aliphatic hydroxyl groups excluding tert-OH is 1. The summed E-state index contributed by atoms with van der Waals surface area (Å²) in [7, 11) is -3.40. The minimum atomic E-state index is -4.47. The maximum absolute atomic E-state index is 13.8. The first-order chi connectivity index (χ1) is 19.4. The number of nitrogens with one attached hydrogen (secondary N) is 1. The second kappa shape index (κ2) is 12.4. The summed E-state index contributed by atoms with van der Waals surface area (Å²) in [4.78, 5) is 22.9. The largest absolute Gasteiger partial charge is 0.489 e. The molecule has 9 nitrogen and oxygen atoms in total. The molecule has 1 aliphatic heterocycles. The van der Waals surface area contributed by atoms with Gasteiger partial charge in [0.15, 0.2) is 9.84 Å². The molecule has 0 bridgehead atoms. The monoisotopic (exact) mass is 596 g/mol. The number of ether oxygens (including phenoxy) is 1. The fourth-order valence-corrected chi connectivity index (χ4v) is 5.29. The number of carbonyl (C=O) groups excluding carboxylic acids is 1. The zero-order chi connectivity index (χ0) is 29.8.